The van der Waals surface area contributed by atoms with Gasteiger partial charge in [0.05, 0.1) is 12.6 Å². The predicted octanol–water partition coefficient (Wildman–Crippen LogP) is 3.82. The number of amides is 1. The van der Waals surface area contributed by atoms with E-state index in [-0.39, 0.29) is 17.0 Å². The van der Waals surface area contributed by atoms with Gasteiger partial charge < -0.3 is 9.33 Å². The summed E-state index contributed by atoms with van der Waals surface area (Å²) in [6.07, 6.45) is 2.36. The maximum atomic E-state index is 12.3. The van der Waals surface area contributed by atoms with Crippen molar-refractivity contribution >= 4 is 24.6 Å². The quantitative estimate of drug-likeness (QED) is 0.705. The Morgan fingerprint density at radius 1 is 0.966 bits per heavy atom. The number of carbonyl (C=O) groups is 1. The Morgan fingerprint density at radius 3 is 2.00 bits per heavy atom. The maximum Gasteiger partial charge on any atom is 0.261 e. The Kier molecular flexibility index (Phi) is 5.43. The van der Waals surface area contributed by atoms with E-state index >= 15 is 0 Å². The SMILES string of the molecule is CC(=O)N1C[C@@H]2C[C@@H]2C[C@H]1CO[Si](c1ccccc1)(c1ccccc1)C(C)(C)C. The Bertz CT molecular complexity index is 807. The first-order valence-corrected chi connectivity index (χ1v) is 12.8. The summed E-state index contributed by atoms with van der Waals surface area (Å²) in [6.45, 7) is 10.2. The summed E-state index contributed by atoms with van der Waals surface area (Å²) < 4.78 is 7.10. The van der Waals surface area contributed by atoms with Crippen LogP contribution in [-0.4, -0.2) is 38.3 Å². The fourth-order valence-corrected chi connectivity index (χ4v) is 9.83. The predicted molar refractivity (Wildman–Crippen MR) is 121 cm³/mol. The molecule has 1 heterocycles. The molecule has 4 heteroatoms. The number of carbonyl (C=O) groups excluding carboxylic acids is 1. The van der Waals surface area contributed by atoms with E-state index < -0.39 is 8.32 Å². The van der Waals surface area contributed by atoms with Crippen molar-refractivity contribution in [2.75, 3.05) is 13.2 Å². The van der Waals surface area contributed by atoms with Crippen molar-refractivity contribution in [2.45, 2.75) is 51.6 Å². The first kappa shape index (κ1) is 20.4. The van der Waals surface area contributed by atoms with Gasteiger partial charge in [0.25, 0.3) is 8.32 Å². The van der Waals surface area contributed by atoms with Crippen LogP contribution in [0.15, 0.2) is 60.7 Å². The van der Waals surface area contributed by atoms with E-state index in [1.807, 2.05) is 0 Å². The van der Waals surface area contributed by atoms with E-state index in [9.17, 15) is 4.79 Å². The lowest BCUT2D eigenvalue weighted by Gasteiger charge is -2.45. The van der Waals surface area contributed by atoms with Crippen molar-refractivity contribution in [3.8, 4) is 0 Å². The molecule has 1 saturated carbocycles. The monoisotopic (exact) mass is 407 g/mol. The number of nitrogens with zero attached hydrogens (tertiary/aromatic N) is 1. The summed E-state index contributed by atoms with van der Waals surface area (Å²) in [5.74, 6) is 1.70. The second-order valence-corrected chi connectivity index (χ2v) is 14.1. The van der Waals surface area contributed by atoms with Crippen LogP contribution in [0.25, 0.3) is 0 Å². The largest absolute Gasteiger partial charge is 0.405 e. The molecule has 3 nitrogen and oxygen atoms in total. The van der Waals surface area contributed by atoms with Crippen LogP contribution in [-0.2, 0) is 9.22 Å². The molecule has 2 aromatic carbocycles. The zero-order valence-corrected chi connectivity index (χ0v) is 19.1. The average molecular weight is 408 g/mol. The van der Waals surface area contributed by atoms with Crippen LogP contribution in [0.4, 0.5) is 0 Å². The number of likely N-dealkylation sites (tertiary alicyclic amines) is 1. The second-order valence-electron chi connectivity index (χ2n) is 9.79. The summed E-state index contributed by atoms with van der Waals surface area (Å²) in [5.41, 5.74) is 0. The van der Waals surface area contributed by atoms with Crippen molar-refractivity contribution in [1.29, 1.82) is 0 Å². The second kappa shape index (κ2) is 7.73. The molecule has 1 aliphatic carbocycles. The van der Waals surface area contributed by atoms with E-state index in [0.29, 0.717) is 6.61 Å². The number of piperidine rings is 1. The van der Waals surface area contributed by atoms with Crippen molar-refractivity contribution in [3.63, 3.8) is 0 Å². The molecule has 0 bridgehead atoms. The fraction of sp³-hybridized carbons (Fsp3) is 0.480. The van der Waals surface area contributed by atoms with Crippen LogP contribution >= 0.6 is 0 Å². The normalized spacial score (nSPS) is 24.1. The molecule has 0 aromatic heterocycles. The molecule has 2 aliphatic rings. The van der Waals surface area contributed by atoms with Crippen LogP contribution in [0.5, 0.6) is 0 Å². The zero-order valence-electron chi connectivity index (χ0n) is 18.1. The van der Waals surface area contributed by atoms with Gasteiger partial charge in [0, 0.05) is 13.5 Å². The lowest BCUT2D eigenvalue weighted by atomic mass is 10.0. The van der Waals surface area contributed by atoms with Gasteiger partial charge in [0.15, 0.2) is 0 Å². The molecule has 0 unspecified atom stereocenters. The van der Waals surface area contributed by atoms with Crippen molar-refractivity contribution < 1.29 is 9.22 Å². The molecule has 0 N–H and O–H groups in total. The Labute approximate surface area is 176 Å². The summed E-state index contributed by atoms with van der Waals surface area (Å²) >= 11 is 0. The van der Waals surface area contributed by atoms with Crippen LogP contribution in [0.3, 0.4) is 0 Å². The highest BCUT2D eigenvalue weighted by atomic mass is 28.4. The van der Waals surface area contributed by atoms with Crippen molar-refractivity contribution in [1.82, 2.24) is 4.90 Å². The molecule has 0 spiro atoms. The van der Waals surface area contributed by atoms with Crippen LogP contribution in [0.1, 0.15) is 40.5 Å². The molecular formula is C25H33NO2Si. The smallest absolute Gasteiger partial charge is 0.261 e. The van der Waals surface area contributed by atoms with Crippen molar-refractivity contribution in [3.05, 3.63) is 60.7 Å². The van der Waals surface area contributed by atoms with Gasteiger partial charge in [-0.1, -0.05) is 81.4 Å². The highest BCUT2D eigenvalue weighted by Gasteiger charge is 2.52. The third kappa shape index (κ3) is 3.80. The Hall–Kier alpha value is -1.91. The first-order chi connectivity index (χ1) is 13.8. The third-order valence-electron chi connectivity index (χ3n) is 6.83. The van der Waals surface area contributed by atoms with E-state index in [0.717, 1.165) is 24.8 Å². The zero-order chi connectivity index (χ0) is 20.6. The highest BCUT2D eigenvalue weighted by molar-refractivity contribution is 6.99. The van der Waals surface area contributed by atoms with Gasteiger partial charge in [-0.2, -0.15) is 0 Å². The Morgan fingerprint density at radius 2 is 1.52 bits per heavy atom. The number of rotatable bonds is 5. The average Bonchev–Trinajstić information content (AvgIpc) is 3.47. The molecule has 3 atom stereocenters. The van der Waals surface area contributed by atoms with Gasteiger partial charge in [-0.3, -0.25) is 4.79 Å². The summed E-state index contributed by atoms with van der Waals surface area (Å²) in [5, 5.41) is 2.56. The van der Waals surface area contributed by atoms with E-state index in [4.69, 9.17) is 4.43 Å². The van der Waals surface area contributed by atoms with Gasteiger partial charge in [-0.15, -0.1) is 0 Å². The van der Waals surface area contributed by atoms with E-state index in [1.165, 1.54) is 16.8 Å². The molecule has 1 aliphatic heterocycles. The molecule has 2 fully saturated rings. The molecule has 29 heavy (non-hydrogen) atoms. The van der Waals surface area contributed by atoms with Gasteiger partial charge in [0.2, 0.25) is 5.91 Å². The van der Waals surface area contributed by atoms with Crippen LogP contribution in [0.2, 0.25) is 5.04 Å². The highest BCUT2D eigenvalue weighted by Crippen LogP contribution is 2.47. The molecule has 4 rings (SSSR count). The lowest BCUT2D eigenvalue weighted by Crippen LogP contribution is -2.67. The summed E-state index contributed by atoms with van der Waals surface area (Å²) in [6, 6.07) is 21.7. The minimum absolute atomic E-state index is 0.0342. The van der Waals surface area contributed by atoms with Crippen LogP contribution in [0, 0.1) is 11.8 Å². The molecular weight excluding hydrogens is 374 g/mol. The first-order valence-electron chi connectivity index (χ1n) is 10.8. The molecule has 1 saturated heterocycles. The minimum atomic E-state index is -2.54. The van der Waals surface area contributed by atoms with Crippen LogP contribution < -0.4 is 10.4 Å². The van der Waals surface area contributed by atoms with E-state index in [1.54, 1.807) is 6.92 Å². The van der Waals surface area contributed by atoms with E-state index in [2.05, 4.69) is 86.3 Å². The number of hydrogen-bond acceptors (Lipinski definition) is 2. The number of hydrogen-bond donors (Lipinski definition) is 0. The summed E-state index contributed by atoms with van der Waals surface area (Å²) in [4.78, 5) is 14.4. The molecule has 0 radical (unpaired) electrons. The Balaban J connectivity index is 1.71. The molecule has 2 aromatic rings. The van der Waals surface area contributed by atoms with Crippen molar-refractivity contribution in [2.24, 2.45) is 11.8 Å². The van der Waals surface area contributed by atoms with Gasteiger partial charge in [-0.05, 0) is 40.1 Å². The molecule has 154 valence electrons. The number of fused-ring (bicyclic) bond motifs is 1. The standard InChI is InChI=1S/C25H33NO2Si/c1-19(27)26-17-21-15-20(21)16-22(26)18-28-29(25(2,3)4,23-11-7-5-8-12-23)24-13-9-6-10-14-24/h5-14,20-22H,15-18H2,1-4H3/t20-,21+,22+/m1/s1. The lowest BCUT2D eigenvalue weighted by molar-refractivity contribution is -0.133. The fourth-order valence-electron chi connectivity index (χ4n) is 5.23. The molecule has 1 amide bonds. The summed E-state index contributed by atoms with van der Waals surface area (Å²) in [7, 11) is -2.54. The van der Waals surface area contributed by atoms with Gasteiger partial charge in [0.1, 0.15) is 0 Å². The third-order valence-corrected chi connectivity index (χ3v) is 11.8. The van der Waals surface area contributed by atoms with Gasteiger partial charge in [-0.25, -0.2) is 0 Å². The minimum Gasteiger partial charge on any atom is -0.405 e. The number of benzene rings is 2. The van der Waals surface area contributed by atoms with Gasteiger partial charge >= 0.3 is 0 Å². The maximum absolute atomic E-state index is 12.3. The topological polar surface area (TPSA) is 29.5 Å².